The minimum absolute atomic E-state index is 0.117. The van der Waals surface area contributed by atoms with Gasteiger partial charge in [0.05, 0.1) is 12.1 Å². The van der Waals surface area contributed by atoms with E-state index in [0.717, 1.165) is 6.42 Å². The largest absolute Gasteiger partial charge is 0.480 e. The Morgan fingerprint density at radius 3 is 2.95 bits per heavy atom. The number of carbonyl (C=O) groups excluding carboxylic acids is 1. The van der Waals surface area contributed by atoms with Crippen LogP contribution in [-0.4, -0.2) is 39.5 Å². The van der Waals surface area contributed by atoms with E-state index in [0.29, 0.717) is 29.7 Å². The van der Waals surface area contributed by atoms with E-state index in [1.165, 1.54) is 16.2 Å². The summed E-state index contributed by atoms with van der Waals surface area (Å²) in [7, 11) is 0. The molecule has 1 aliphatic heterocycles. The molecule has 104 valence electrons. The van der Waals surface area contributed by atoms with Crippen molar-refractivity contribution in [2.24, 2.45) is 5.92 Å². The second kappa shape index (κ2) is 5.56. The molecule has 1 amide bonds. The highest BCUT2D eigenvalue weighted by Gasteiger charge is 2.34. The van der Waals surface area contributed by atoms with Crippen LogP contribution in [0.4, 0.5) is 5.13 Å². The van der Waals surface area contributed by atoms with E-state index in [-0.39, 0.29) is 12.3 Å². The average molecular weight is 283 g/mol. The van der Waals surface area contributed by atoms with Crippen molar-refractivity contribution in [3.05, 3.63) is 11.1 Å². The smallest absolute Gasteiger partial charge is 0.326 e. The Bertz CT molecular complexity index is 488. The van der Waals surface area contributed by atoms with Crippen LogP contribution in [0.3, 0.4) is 0 Å². The van der Waals surface area contributed by atoms with Crippen molar-refractivity contribution in [2.75, 3.05) is 12.3 Å². The normalized spacial score (nSPS) is 23.3. The molecule has 1 fully saturated rings. The fraction of sp³-hybridized carbons (Fsp3) is 0.583. The van der Waals surface area contributed by atoms with Gasteiger partial charge in [-0.3, -0.25) is 4.79 Å². The molecule has 1 aromatic rings. The number of amides is 1. The number of carboxylic acids is 1. The Balaban J connectivity index is 2.06. The van der Waals surface area contributed by atoms with E-state index in [2.05, 4.69) is 4.98 Å². The number of carbonyl (C=O) groups is 2. The second-order valence-electron chi connectivity index (χ2n) is 4.92. The second-order valence-corrected chi connectivity index (χ2v) is 5.81. The Morgan fingerprint density at radius 2 is 2.37 bits per heavy atom. The fourth-order valence-electron chi connectivity index (χ4n) is 2.33. The van der Waals surface area contributed by atoms with Crippen LogP contribution in [-0.2, 0) is 16.0 Å². The van der Waals surface area contributed by atoms with E-state index in [9.17, 15) is 14.7 Å². The maximum absolute atomic E-state index is 12.2. The zero-order valence-corrected chi connectivity index (χ0v) is 11.5. The first kappa shape index (κ1) is 13.8. The van der Waals surface area contributed by atoms with E-state index < -0.39 is 12.0 Å². The number of nitrogens with zero attached hydrogens (tertiary/aromatic N) is 2. The van der Waals surface area contributed by atoms with Crippen molar-refractivity contribution in [3.63, 3.8) is 0 Å². The van der Waals surface area contributed by atoms with Gasteiger partial charge in [-0.05, 0) is 18.8 Å². The molecule has 6 nitrogen and oxygen atoms in total. The van der Waals surface area contributed by atoms with Crippen molar-refractivity contribution in [3.8, 4) is 0 Å². The number of likely N-dealkylation sites (tertiary alicyclic amines) is 1. The SMILES string of the molecule is CC1CCN(C(=O)Cc2csc(N)n2)C(C(=O)O)C1. The van der Waals surface area contributed by atoms with Gasteiger partial charge in [0.1, 0.15) is 6.04 Å². The average Bonchev–Trinajstić information content (AvgIpc) is 2.74. The van der Waals surface area contributed by atoms with Crippen LogP contribution in [0.5, 0.6) is 0 Å². The van der Waals surface area contributed by atoms with Crippen LogP contribution >= 0.6 is 11.3 Å². The third kappa shape index (κ3) is 3.23. The van der Waals surface area contributed by atoms with Gasteiger partial charge in [-0.2, -0.15) is 0 Å². The number of thiazole rings is 1. The zero-order chi connectivity index (χ0) is 14.0. The van der Waals surface area contributed by atoms with Crippen LogP contribution in [0.25, 0.3) is 0 Å². The van der Waals surface area contributed by atoms with Gasteiger partial charge in [0.2, 0.25) is 5.91 Å². The fourth-order valence-corrected chi connectivity index (χ4v) is 2.90. The quantitative estimate of drug-likeness (QED) is 0.862. The van der Waals surface area contributed by atoms with Gasteiger partial charge in [-0.1, -0.05) is 6.92 Å². The van der Waals surface area contributed by atoms with Crippen LogP contribution in [0.1, 0.15) is 25.5 Å². The Hall–Kier alpha value is -1.63. The van der Waals surface area contributed by atoms with Crippen LogP contribution in [0.15, 0.2) is 5.38 Å². The Labute approximate surface area is 115 Å². The Morgan fingerprint density at radius 1 is 1.63 bits per heavy atom. The first-order valence-electron chi connectivity index (χ1n) is 6.19. The zero-order valence-electron chi connectivity index (χ0n) is 10.7. The molecule has 1 aliphatic rings. The molecule has 1 saturated heterocycles. The number of piperidine rings is 1. The summed E-state index contributed by atoms with van der Waals surface area (Å²) < 4.78 is 0. The monoisotopic (exact) mass is 283 g/mol. The van der Waals surface area contributed by atoms with Crippen molar-refractivity contribution in [1.29, 1.82) is 0 Å². The number of hydrogen-bond acceptors (Lipinski definition) is 5. The maximum Gasteiger partial charge on any atom is 0.326 e. The highest BCUT2D eigenvalue weighted by Crippen LogP contribution is 2.23. The van der Waals surface area contributed by atoms with Crippen LogP contribution < -0.4 is 5.73 Å². The van der Waals surface area contributed by atoms with Gasteiger partial charge in [-0.15, -0.1) is 11.3 Å². The minimum Gasteiger partial charge on any atom is -0.480 e. The molecular weight excluding hydrogens is 266 g/mol. The van der Waals surface area contributed by atoms with Gasteiger partial charge in [0, 0.05) is 11.9 Å². The first-order chi connectivity index (χ1) is 8.97. The number of anilines is 1. The van der Waals surface area contributed by atoms with Crippen molar-refractivity contribution < 1.29 is 14.7 Å². The maximum atomic E-state index is 12.2. The number of hydrogen-bond donors (Lipinski definition) is 2. The highest BCUT2D eigenvalue weighted by atomic mass is 32.1. The van der Waals surface area contributed by atoms with Gasteiger partial charge in [0.25, 0.3) is 0 Å². The number of rotatable bonds is 3. The summed E-state index contributed by atoms with van der Waals surface area (Å²) in [5.41, 5.74) is 6.12. The summed E-state index contributed by atoms with van der Waals surface area (Å²) in [6, 6.07) is -0.716. The molecule has 0 bridgehead atoms. The van der Waals surface area contributed by atoms with E-state index >= 15 is 0 Å². The van der Waals surface area contributed by atoms with Gasteiger partial charge in [0.15, 0.2) is 5.13 Å². The van der Waals surface area contributed by atoms with Crippen molar-refractivity contribution in [2.45, 2.75) is 32.2 Å². The predicted octanol–water partition coefficient (Wildman–Crippen LogP) is 0.979. The summed E-state index contributed by atoms with van der Waals surface area (Å²) >= 11 is 1.28. The molecule has 2 heterocycles. The number of nitrogen functional groups attached to an aromatic ring is 1. The predicted molar refractivity (Wildman–Crippen MR) is 71.8 cm³/mol. The third-order valence-corrected chi connectivity index (χ3v) is 4.09. The minimum atomic E-state index is -0.933. The summed E-state index contributed by atoms with van der Waals surface area (Å²) in [5.74, 6) is -0.789. The molecule has 2 rings (SSSR count). The van der Waals surface area contributed by atoms with Gasteiger partial charge < -0.3 is 15.7 Å². The van der Waals surface area contributed by atoms with Gasteiger partial charge in [-0.25, -0.2) is 9.78 Å². The summed E-state index contributed by atoms with van der Waals surface area (Å²) in [6.07, 6.45) is 1.47. The first-order valence-corrected chi connectivity index (χ1v) is 7.07. The number of carboxylic acid groups (broad SMARTS) is 1. The van der Waals surface area contributed by atoms with E-state index in [4.69, 9.17) is 5.73 Å². The topological polar surface area (TPSA) is 96.5 Å². The number of aliphatic carboxylic acids is 1. The van der Waals surface area contributed by atoms with Gasteiger partial charge >= 0.3 is 5.97 Å². The summed E-state index contributed by atoms with van der Waals surface area (Å²) in [5, 5.41) is 11.4. The molecule has 0 radical (unpaired) electrons. The molecular formula is C12H17N3O3S. The highest BCUT2D eigenvalue weighted by molar-refractivity contribution is 7.13. The van der Waals surface area contributed by atoms with Crippen LogP contribution in [0.2, 0.25) is 0 Å². The molecule has 0 aliphatic carbocycles. The van der Waals surface area contributed by atoms with Crippen molar-refractivity contribution >= 4 is 28.3 Å². The molecule has 19 heavy (non-hydrogen) atoms. The molecule has 2 atom stereocenters. The molecule has 0 aromatic carbocycles. The lowest BCUT2D eigenvalue weighted by Crippen LogP contribution is -2.50. The van der Waals surface area contributed by atoms with E-state index in [1.807, 2.05) is 6.92 Å². The molecule has 0 saturated carbocycles. The summed E-state index contributed by atoms with van der Waals surface area (Å²) in [6.45, 7) is 2.51. The molecule has 7 heteroatoms. The standard InChI is InChI=1S/C12H17N3O3S/c1-7-2-3-15(9(4-7)11(17)18)10(16)5-8-6-19-12(13)14-8/h6-7,9H,2-5H2,1H3,(H2,13,14)(H,17,18). The lowest BCUT2D eigenvalue weighted by atomic mass is 9.92. The Kier molecular flexibility index (Phi) is 4.04. The lowest BCUT2D eigenvalue weighted by Gasteiger charge is -2.35. The number of aromatic nitrogens is 1. The third-order valence-electron chi connectivity index (χ3n) is 3.37. The van der Waals surface area contributed by atoms with E-state index in [1.54, 1.807) is 5.38 Å². The van der Waals surface area contributed by atoms with Crippen molar-refractivity contribution in [1.82, 2.24) is 9.88 Å². The summed E-state index contributed by atoms with van der Waals surface area (Å²) in [4.78, 5) is 28.9. The molecule has 1 aromatic heterocycles. The molecule has 3 N–H and O–H groups in total. The van der Waals surface area contributed by atoms with Crippen LogP contribution in [0, 0.1) is 5.92 Å². The number of nitrogens with two attached hydrogens (primary N) is 1. The molecule has 2 unspecified atom stereocenters. The lowest BCUT2D eigenvalue weighted by molar-refractivity contribution is -0.152. The molecule has 0 spiro atoms.